The number of nitrogens with one attached hydrogen (secondary N) is 1. The lowest BCUT2D eigenvalue weighted by Gasteiger charge is -1.89. The summed E-state index contributed by atoms with van der Waals surface area (Å²) in [6, 6.07) is 9.03. The molecule has 13 heavy (non-hydrogen) atoms. The molecule has 5 nitrogen and oxygen atoms in total. The Morgan fingerprint density at radius 2 is 2.00 bits per heavy atom. The van der Waals surface area contributed by atoms with Gasteiger partial charge in [0.15, 0.2) is 0 Å². The molecule has 0 radical (unpaired) electrons. The first-order chi connectivity index (χ1) is 6.27. The number of rotatable bonds is 1. The molecule has 0 bridgehead atoms. The summed E-state index contributed by atoms with van der Waals surface area (Å²) in [7, 11) is 0. The third kappa shape index (κ3) is 1.31. The number of nitrogens with zero attached hydrogens (tertiary/aromatic N) is 2. The van der Waals surface area contributed by atoms with E-state index in [9.17, 15) is 4.79 Å². The summed E-state index contributed by atoms with van der Waals surface area (Å²) >= 11 is 0. The number of benzene rings is 1. The summed E-state index contributed by atoms with van der Waals surface area (Å²) in [5.41, 5.74) is 0.324. The molecule has 0 amide bonds. The standard InChI is InChI=1S/C8H7N3O2/c12-8-9-11(13)6-10(8)7-4-2-1-3-5-7/h1-6H,(H-,9,12,13)/p+1. The zero-order chi connectivity index (χ0) is 9.26. The van der Waals surface area contributed by atoms with Crippen molar-refractivity contribution in [3.8, 4) is 5.69 Å². The first-order valence-corrected chi connectivity index (χ1v) is 3.75. The average Bonchev–Trinajstić information content (AvgIpc) is 2.47. The molecular formula is C8H8N3O2+. The van der Waals surface area contributed by atoms with Gasteiger partial charge in [0, 0.05) is 4.85 Å². The molecule has 0 saturated heterocycles. The maximum absolute atomic E-state index is 11.2. The van der Waals surface area contributed by atoms with E-state index in [4.69, 9.17) is 5.21 Å². The number of aromatic amines is 1. The largest absolute Gasteiger partial charge is 0.452 e. The van der Waals surface area contributed by atoms with Crippen LogP contribution < -0.4 is 10.5 Å². The third-order valence-electron chi connectivity index (χ3n) is 1.69. The Morgan fingerprint density at radius 3 is 2.54 bits per heavy atom. The molecule has 1 heterocycles. The fourth-order valence-corrected chi connectivity index (χ4v) is 1.12. The average molecular weight is 178 g/mol. The third-order valence-corrected chi connectivity index (χ3v) is 1.69. The van der Waals surface area contributed by atoms with Gasteiger partial charge in [-0.05, 0) is 12.1 Å². The van der Waals surface area contributed by atoms with Gasteiger partial charge in [-0.1, -0.05) is 18.2 Å². The van der Waals surface area contributed by atoms with Gasteiger partial charge in [-0.2, -0.15) is 0 Å². The Morgan fingerprint density at radius 1 is 1.31 bits per heavy atom. The van der Waals surface area contributed by atoms with Crippen LogP contribution in [-0.2, 0) is 0 Å². The van der Waals surface area contributed by atoms with E-state index in [1.165, 1.54) is 10.9 Å². The molecule has 0 aliphatic rings. The highest BCUT2D eigenvalue weighted by Gasteiger charge is 2.10. The molecule has 66 valence electrons. The molecule has 0 saturated carbocycles. The Bertz CT molecular complexity index is 458. The summed E-state index contributed by atoms with van der Waals surface area (Å²) < 4.78 is 1.31. The van der Waals surface area contributed by atoms with E-state index in [0.29, 0.717) is 10.5 Å². The summed E-state index contributed by atoms with van der Waals surface area (Å²) in [5, 5.41) is 11.1. The maximum atomic E-state index is 11.2. The van der Waals surface area contributed by atoms with Crippen LogP contribution in [-0.4, -0.2) is 14.9 Å². The lowest BCUT2D eigenvalue weighted by atomic mass is 10.3. The quantitative estimate of drug-likeness (QED) is 0.465. The number of hydrogen-bond acceptors (Lipinski definition) is 2. The molecule has 1 aromatic carbocycles. The minimum atomic E-state index is -0.381. The van der Waals surface area contributed by atoms with Crippen LogP contribution >= 0.6 is 0 Å². The number of hydrogen-bond donors (Lipinski definition) is 2. The van der Waals surface area contributed by atoms with E-state index in [0.717, 1.165) is 0 Å². The Kier molecular flexibility index (Phi) is 1.63. The zero-order valence-corrected chi connectivity index (χ0v) is 6.71. The molecule has 0 spiro atoms. The number of para-hydroxylation sites is 1. The molecular weight excluding hydrogens is 170 g/mol. The predicted molar refractivity (Wildman–Crippen MR) is 43.8 cm³/mol. The zero-order valence-electron chi connectivity index (χ0n) is 6.71. The van der Waals surface area contributed by atoms with Crippen molar-refractivity contribution >= 4 is 0 Å². The first kappa shape index (κ1) is 7.60. The molecule has 2 aromatic rings. The van der Waals surface area contributed by atoms with E-state index in [1.807, 2.05) is 18.2 Å². The Hall–Kier alpha value is -2.04. The molecule has 1 aromatic heterocycles. The van der Waals surface area contributed by atoms with E-state index < -0.39 is 0 Å². The van der Waals surface area contributed by atoms with Crippen molar-refractivity contribution < 1.29 is 10.1 Å². The fourth-order valence-electron chi connectivity index (χ4n) is 1.12. The van der Waals surface area contributed by atoms with Gasteiger partial charge in [-0.3, -0.25) is 0 Å². The minimum Gasteiger partial charge on any atom is -0.331 e. The van der Waals surface area contributed by atoms with Crippen LogP contribution in [0.15, 0.2) is 41.5 Å². The van der Waals surface area contributed by atoms with Gasteiger partial charge in [0.1, 0.15) is 5.69 Å². The molecule has 0 unspecified atom stereocenters. The Labute approximate surface area is 73.4 Å². The molecule has 5 heteroatoms. The maximum Gasteiger partial charge on any atom is 0.452 e. The first-order valence-electron chi connectivity index (χ1n) is 3.75. The van der Waals surface area contributed by atoms with Gasteiger partial charge in [-0.25, -0.2) is 4.79 Å². The van der Waals surface area contributed by atoms with Crippen molar-refractivity contribution in [1.29, 1.82) is 0 Å². The van der Waals surface area contributed by atoms with Crippen LogP contribution in [0.25, 0.3) is 5.69 Å². The van der Waals surface area contributed by atoms with Gasteiger partial charge in [-0.15, -0.1) is 9.67 Å². The normalized spacial score (nSPS) is 10.2. The smallest absolute Gasteiger partial charge is 0.331 e. The molecule has 0 fully saturated rings. The minimum absolute atomic E-state index is 0.381. The highest BCUT2D eigenvalue weighted by Crippen LogP contribution is 2.00. The summed E-state index contributed by atoms with van der Waals surface area (Å²) in [5.74, 6) is 0. The number of aromatic nitrogens is 3. The summed E-state index contributed by atoms with van der Waals surface area (Å²) in [6.07, 6.45) is 1.26. The van der Waals surface area contributed by atoms with Gasteiger partial charge >= 0.3 is 12.0 Å². The molecule has 0 aliphatic heterocycles. The lowest BCUT2D eigenvalue weighted by molar-refractivity contribution is -0.947. The van der Waals surface area contributed by atoms with Crippen LogP contribution in [0.3, 0.4) is 0 Å². The van der Waals surface area contributed by atoms with Gasteiger partial charge in [0.2, 0.25) is 0 Å². The van der Waals surface area contributed by atoms with Crippen LogP contribution in [0.5, 0.6) is 0 Å². The molecule has 2 N–H and O–H groups in total. The highest BCUT2D eigenvalue weighted by molar-refractivity contribution is 5.29. The van der Waals surface area contributed by atoms with Crippen LogP contribution in [0.2, 0.25) is 0 Å². The number of H-pyrrole nitrogens is 1. The van der Waals surface area contributed by atoms with Gasteiger partial charge < -0.3 is 5.21 Å². The van der Waals surface area contributed by atoms with Crippen LogP contribution in [0.1, 0.15) is 0 Å². The monoisotopic (exact) mass is 178 g/mol. The van der Waals surface area contributed by atoms with Gasteiger partial charge in [0.05, 0.1) is 0 Å². The predicted octanol–water partition coefficient (Wildman–Crippen LogP) is -0.310. The molecule has 0 aliphatic carbocycles. The van der Waals surface area contributed by atoms with E-state index in [1.54, 1.807) is 12.1 Å². The highest BCUT2D eigenvalue weighted by atomic mass is 16.5. The van der Waals surface area contributed by atoms with E-state index in [2.05, 4.69) is 5.10 Å². The summed E-state index contributed by atoms with van der Waals surface area (Å²) in [4.78, 5) is 11.8. The van der Waals surface area contributed by atoms with Crippen LogP contribution in [0, 0.1) is 0 Å². The topological polar surface area (TPSA) is 61.9 Å². The second kappa shape index (κ2) is 2.78. The van der Waals surface area contributed by atoms with E-state index >= 15 is 0 Å². The van der Waals surface area contributed by atoms with Crippen molar-refractivity contribution in [2.24, 2.45) is 0 Å². The van der Waals surface area contributed by atoms with Crippen molar-refractivity contribution in [2.75, 3.05) is 0 Å². The molecule has 2 rings (SSSR count). The lowest BCUT2D eigenvalue weighted by Crippen LogP contribution is -2.32. The van der Waals surface area contributed by atoms with E-state index in [-0.39, 0.29) is 5.69 Å². The van der Waals surface area contributed by atoms with Crippen molar-refractivity contribution in [2.45, 2.75) is 0 Å². The van der Waals surface area contributed by atoms with Crippen molar-refractivity contribution in [1.82, 2.24) is 9.67 Å². The van der Waals surface area contributed by atoms with Crippen molar-refractivity contribution in [3.63, 3.8) is 0 Å². The van der Waals surface area contributed by atoms with Crippen molar-refractivity contribution in [3.05, 3.63) is 47.1 Å². The molecule has 0 atom stereocenters. The second-order valence-electron chi connectivity index (χ2n) is 2.58. The summed E-state index contributed by atoms with van der Waals surface area (Å²) in [6.45, 7) is 0. The fraction of sp³-hybridized carbons (Fsp3) is 0. The Balaban J connectivity index is 2.59. The second-order valence-corrected chi connectivity index (χ2v) is 2.58. The van der Waals surface area contributed by atoms with Gasteiger partial charge in [0.25, 0.3) is 0 Å². The van der Waals surface area contributed by atoms with Crippen LogP contribution in [0.4, 0.5) is 0 Å². The SMILES string of the molecule is O=c1[nH][n+](O)cn1-c1ccccc1.